The molecule has 37 heavy (non-hydrogen) atoms. The molecule has 0 atom stereocenters. The minimum absolute atomic E-state index is 0.124. The number of halogens is 2. The molecule has 194 valence electrons. The number of fused-ring (bicyclic) bond motifs is 1. The maximum atomic E-state index is 13.7. The quantitative estimate of drug-likeness (QED) is 0.308. The van der Waals surface area contributed by atoms with Crippen molar-refractivity contribution in [2.75, 3.05) is 26.4 Å². The zero-order chi connectivity index (χ0) is 25.9. The van der Waals surface area contributed by atoms with Crippen molar-refractivity contribution in [1.29, 1.82) is 0 Å². The van der Waals surface area contributed by atoms with Crippen LogP contribution in [0.1, 0.15) is 24.6 Å². The molecule has 12 heteroatoms. The molecule has 0 unspecified atom stereocenters. The van der Waals surface area contributed by atoms with E-state index < -0.39 is 30.7 Å². The SMILES string of the molecule is O=CN1CCC(n2c(=O)n(Cc3cc(-c4cccs4)on3)c(=O)c3cc(OC(CF)CF)ccc32)CC1. The lowest BCUT2D eigenvalue weighted by Crippen LogP contribution is -2.44. The minimum Gasteiger partial charge on any atom is -0.485 e. The Morgan fingerprint density at radius 1 is 1.16 bits per heavy atom. The lowest BCUT2D eigenvalue weighted by atomic mass is 10.0. The first-order chi connectivity index (χ1) is 18.0. The van der Waals surface area contributed by atoms with Gasteiger partial charge in [0.05, 0.1) is 22.3 Å². The largest absolute Gasteiger partial charge is 0.485 e. The molecule has 0 bridgehead atoms. The van der Waals surface area contributed by atoms with Gasteiger partial charge in [-0.15, -0.1) is 11.3 Å². The predicted molar refractivity (Wildman–Crippen MR) is 134 cm³/mol. The average Bonchev–Trinajstić information content (AvgIpc) is 3.63. The van der Waals surface area contributed by atoms with Crippen LogP contribution in [0.2, 0.25) is 0 Å². The monoisotopic (exact) mass is 530 g/mol. The van der Waals surface area contributed by atoms with E-state index >= 15 is 0 Å². The summed E-state index contributed by atoms with van der Waals surface area (Å²) >= 11 is 1.47. The van der Waals surface area contributed by atoms with Gasteiger partial charge in [-0.1, -0.05) is 11.2 Å². The van der Waals surface area contributed by atoms with Crippen molar-refractivity contribution < 1.29 is 22.8 Å². The molecule has 0 radical (unpaired) electrons. The molecule has 5 rings (SSSR count). The third-order valence-corrected chi connectivity index (χ3v) is 7.33. The number of thiophene rings is 1. The van der Waals surface area contributed by atoms with E-state index in [1.807, 2.05) is 17.5 Å². The van der Waals surface area contributed by atoms with Crippen LogP contribution in [0.5, 0.6) is 5.75 Å². The van der Waals surface area contributed by atoms with Gasteiger partial charge in [-0.3, -0.25) is 18.7 Å². The van der Waals surface area contributed by atoms with Crippen molar-refractivity contribution in [3.05, 3.63) is 68.3 Å². The number of ether oxygens (including phenoxy) is 1. The molecule has 1 saturated heterocycles. The van der Waals surface area contributed by atoms with E-state index in [1.54, 1.807) is 21.6 Å². The second-order valence-electron chi connectivity index (χ2n) is 8.80. The normalized spacial score (nSPS) is 14.5. The number of carbonyl (C=O) groups is 1. The molecular formula is C25H24F2N4O5S. The molecule has 0 saturated carbocycles. The number of piperidine rings is 1. The number of aromatic nitrogens is 3. The molecule has 1 aliphatic rings. The van der Waals surface area contributed by atoms with Crippen molar-refractivity contribution in [2.24, 2.45) is 0 Å². The van der Waals surface area contributed by atoms with Crippen molar-refractivity contribution in [3.63, 3.8) is 0 Å². The highest BCUT2D eigenvalue weighted by Gasteiger charge is 2.25. The van der Waals surface area contributed by atoms with Gasteiger partial charge in [0.1, 0.15) is 24.8 Å². The lowest BCUT2D eigenvalue weighted by Gasteiger charge is -2.31. The zero-order valence-electron chi connectivity index (χ0n) is 19.7. The Balaban J connectivity index is 1.60. The van der Waals surface area contributed by atoms with Crippen LogP contribution in [0.4, 0.5) is 8.78 Å². The molecule has 0 N–H and O–H groups in total. The number of likely N-dealkylation sites (tertiary alicyclic amines) is 1. The second kappa shape index (κ2) is 10.7. The molecule has 9 nitrogen and oxygen atoms in total. The summed E-state index contributed by atoms with van der Waals surface area (Å²) in [6.07, 6.45) is 0.554. The fourth-order valence-corrected chi connectivity index (χ4v) is 5.23. The second-order valence-corrected chi connectivity index (χ2v) is 9.75. The van der Waals surface area contributed by atoms with Gasteiger partial charge in [0, 0.05) is 25.2 Å². The zero-order valence-corrected chi connectivity index (χ0v) is 20.5. The van der Waals surface area contributed by atoms with Crippen LogP contribution in [0, 0.1) is 0 Å². The Labute approximate surface area is 213 Å². The van der Waals surface area contributed by atoms with Crippen LogP contribution >= 0.6 is 11.3 Å². The number of hydrogen-bond donors (Lipinski definition) is 0. The van der Waals surface area contributed by atoms with E-state index in [-0.39, 0.29) is 23.7 Å². The molecule has 0 spiro atoms. The van der Waals surface area contributed by atoms with Gasteiger partial charge in [0.15, 0.2) is 11.9 Å². The van der Waals surface area contributed by atoms with Gasteiger partial charge in [0.2, 0.25) is 6.41 Å². The van der Waals surface area contributed by atoms with Crippen molar-refractivity contribution in [3.8, 4) is 16.4 Å². The summed E-state index contributed by atoms with van der Waals surface area (Å²) in [5, 5.41) is 6.12. The Morgan fingerprint density at radius 2 is 1.95 bits per heavy atom. The Hall–Kier alpha value is -3.80. The average molecular weight is 531 g/mol. The van der Waals surface area contributed by atoms with E-state index in [2.05, 4.69) is 5.16 Å². The Bertz CT molecular complexity index is 1500. The van der Waals surface area contributed by atoms with Crippen LogP contribution in [0.25, 0.3) is 21.5 Å². The molecule has 4 heterocycles. The first kappa shape index (κ1) is 24.9. The Kier molecular flexibility index (Phi) is 7.17. The van der Waals surface area contributed by atoms with Gasteiger partial charge >= 0.3 is 5.69 Å². The van der Waals surface area contributed by atoms with Gasteiger partial charge in [-0.25, -0.2) is 13.6 Å². The smallest absolute Gasteiger partial charge is 0.332 e. The standard InChI is InChI=1S/C25H24F2N4O5S/c26-12-19(13-27)35-18-3-4-21-20(11-18)24(33)30(14-16-10-22(36-28-16)23-2-1-9-37-23)25(34)31(21)17-5-7-29(15-32)8-6-17/h1-4,9-11,15,17,19H,5-8,12-14H2. The van der Waals surface area contributed by atoms with E-state index in [4.69, 9.17) is 9.26 Å². The van der Waals surface area contributed by atoms with Crippen molar-refractivity contribution >= 4 is 28.6 Å². The first-order valence-corrected chi connectivity index (χ1v) is 12.7. The topological polar surface area (TPSA) is 99.6 Å². The van der Waals surface area contributed by atoms with E-state index in [1.165, 1.54) is 23.5 Å². The summed E-state index contributed by atoms with van der Waals surface area (Å²) in [6, 6.07) is 9.63. The molecule has 3 aromatic heterocycles. The first-order valence-electron chi connectivity index (χ1n) is 11.8. The van der Waals surface area contributed by atoms with Crippen molar-refractivity contribution in [1.82, 2.24) is 19.2 Å². The van der Waals surface area contributed by atoms with Crippen LogP contribution in [0.3, 0.4) is 0 Å². The number of hydrogen-bond acceptors (Lipinski definition) is 7. The maximum absolute atomic E-state index is 13.7. The molecular weight excluding hydrogens is 506 g/mol. The van der Waals surface area contributed by atoms with Gasteiger partial charge in [-0.2, -0.15) is 0 Å². The van der Waals surface area contributed by atoms with Crippen LogP contribution in [-0.2, 0) is 11.3 Å². The van der Waals surface area contributed by atoms with E-state index in [0.29, 0.717) is 42.9 Å². The van der Waals surface area contributed by atoms with Gasteiger partial charge < -0.3 is 14.2 Å². The number of nitrogens with zero attached hydrogens (tertiary/aromatic N) is 4. The fourth-order valence-electron chi connectivity index (χ4n) is 4.56. The van der Waals surface area contributed by atoms with Gasteiger partial charge in [-0.05, 0) is 42.5 Å². The lowest BCUT2D eigenvalue weighted by molar-refractivity contribution is -0.119. The molecule has 1 aromatic carbocycles. The maximum Gasteiger partial charge on any atom is 0.332 e. The molecule has 1 fully saturated rings. The predicted octanol–water partition coefficient (Wildman–Crippen LogP) is 3.41. The summed E-state index contributed by atoms with van der Waals surface area (Å²) in [5.74, 6) is 0.651. The fraction of sp³-hybridized carbons (Fsp3) is 0.360. The van der Waals surface area contributed by atoms with Crippen LogP contribution < -0.4 is 16.0 Å². The highest BCUT2D eigenvalue weighted by atomic mass is 32.1. The number of alkyl halides is 2. The van der Waals surface area contributed by atoms with Crippen LogP contribution in [0.15, 0.2) is 55.9 Å². The molecule has 1 aliphatic heterocycles. The summed E-state index contributed by atoms with van der Waals surface area (Å²) in [4.78, 5) is 40.9. The van der Waals surface area contributed by atoms with E-state index in [9.17, 15) is 23.2 Å². The summed E-state index contributed by atoms with van der Waals surface area (Å²) < 4.78 is 39.5. The Morgan fingerprint density at radius 3 is 2.62 bits per heavy atom. The summed E-state index contributed by atoms with van der Waals surface area (Å²) in [5.41, 5.74) is -0.308. The summed E-state index contributed by atoms with van der Waals surface area (Å²) in [6.45, 7) is -1.22. The molecule has 4 aromatic rings. The summed E-state index contributed by atoms with van der Waals surface area (Å²) in [7, 11) is 0. The number of benzene rings is 1. The third kappa shape index (κ3) is 4.93. The highest BCUT2D eigenvalue weighted by molar-refractivity contribution is 7.13. The number of rotatable bonds is 9. The molecule has 0 aliphatic carbocycles. The number of amides is 1. The number of carbonyl (C=O) groups excluding carboxylic acids is 1. The minimum atomic E-state index is -1.29. The van der Waals surface area contributed by atoms with E-state index in [0.717, 1.165) is 15.9 Å². The third-order valence-electron chi connectivity index (χ3n) is 6.44. The van der Waals surface area contributed by atoms with Gasteiger partial charge in [0.25, 0.3) is 5.56 Å². The highest BCUT2D eigenvalue weighted by Crippen LogP contribution is 2.27. The molecule has 1 amide bonds. The van der Waals surface area contributed by atoms with Crippen LogP contribution in [-0.4, -0.2) is 58.1 Å². The van der Waals surface area contributed by atoms with Crippen molar-refractivity contribution in [2.45, 2.75) is 31.5 Å².